The summed E-state index contributed by atoms with van der Waals surface area (Å²) in [7, 11) is 1.78. The van der Waals surface area contributed by atoms with E-state index in [1.54, 1.807) is 7.11 Å². The summed E-state index contributed by atoms with van der Waals surface area (Å²) in [6.07, 6.45) is 2.49. The molecule has 1 aliphatic carbocycles. The van der Waals surface area contributed by atoms with Gasteiger partial charge in [0.2, 0.25) is 0 Å². The summed E-state index contributed by atoms with van der Waals surface area (Å²) >= 11 is 0. The lowest BCUT2D eigenvalue weighted by Gasteiger charge is -2.27. The lowest BCUT2D eigenvalue weighted by Crippen LogP contribution is -2.33. The fourth-order valence-corrected chi connectivity index (χ4v) is 3.17. The van der Waals surface area contributed by atoms with Crippen LogP contribution in [0.15, 0.2) is 18.2 Å². The second kappa shape index (κ2) is 3.53. The summed E-state index contributed by atoms with van der Waals surface area (Å²) in [5, 5.41) is 3.49. The second-order valence-corrected chi connectivity index (χ2v) is 4.60. The van der Waals surface area contributed by atoms with E-state index in [4.69, 9.17) is 4.74 Å². The zero-order valence-corrected chi connectivity index (χ0v) is 9.12. The third-order valence-electron chi connectivity index (χ3n) is 3.84. The number of rotatable bonds is 1. The van der Waals surface area contributed by atoms with Crippen molar-refractivity contribution in [3.05, 3.63) is 29.3 Å². The highest BCUT2D eigenvalue weighted by molar-refractivity contribution is 5.47. The molecule has 15 heavy (non-hydrogen) atoms. The molecule has 1 heterocycles. The normalized spacial score (nSPS) is 28.3. The number of methoxy groups -OCH3 is 1. The molecule has 0 amide bonds. The van der Waals surface area contributed by atoms with Gasteiger partial charge in [0.1, 0.15) is 5.75 Å². The van der Waals surface area contributed by atoms with Crippen molar-refractivity contribution >= 4 is 0 Å². The molecule has 0 spiro atoms. The van der Waals surface area contributed by atoms with Gasteiger partial charge in [-0.2, -0.15) is 0 Å². The Kier molecular flexibility index (Phi) is 2.17. The Balaban J connectivity index is 2.05. The molecule has 0 unspecified atom stereocenters. The van der Waals surface area contributed by atoms with Crippen LogP contribution in [-0.4, -0.2) is 20.2 Å². The minimum atomic E-state index is 0.734. The number of ether oxygens (including phenoxy) is 1. The van der Waals surface area contributed by atoms with Crippen molar-refractivity contribution in [1.82, 2.24) is 5.32 Å². The van der Waals surface area contributed by atoms with E-state index >= 15 is 0 Å². The summed E-state index contributed by atoms with van der Waals surface area (Å²) in [5.74, 6) is 2.63. The van der Waals surface area contributed by atoms with Crippen LogP contribution in [0.1, 0.15) is 23.5 Å². The van der Waals surface area contributed by atoms with E-state index in [0.29, 0.717) is 0 Å². The maximum absolute atomic E-state index is 5.49. The van der Waals surface area contributed by atoms with Gasteiger partial charge in [-0.05, 0) is 49.4 Å². The van der Waals surface area contributed by atoms with E-state index in [2.05, 4.69) is 23.5 Å². The molecule has 1 saturated heterocycles. The lowest BCUT2D eigenvalue weighted by atomic mass is 9.86. The first kappa shape index (κ1) is 9.22. The lowest BCUT2D eigenvalue weighted by molar-refractivity contribution is 0.339. The van der Waals surface area contributed by atoms with E-state index in [1.807, 2.05) is 0 Å². The van der Waals surface area contributed by atoms with Gasteiger partial charge in [0.15, 0.2) is 0 Å². The van der Waals surface area contributed by atoms with Crippen molar-refractivity contribution in [2.75, 3.05) is 20.2 Å². The second-order valence-electron chi connectivity index (χ2n) is 4.60. The van der Waals surface area contributed by atoms with Crippen LogP contribution in [0.5, 0.6) is 5.75 Å². The minimum absolute atomic E-state index is 0.734. The third kappa shape index (κ3) is 1.36. The van der Waals surface area contributed by atoms with E-state index in [9.17, 15) is 0 Å². The fourth-order valence-electron chi connectivity index (χ4n) is 3.17. The van der Waals surface area contributed by atoms with E-state index in [1.165, 1.54) is 30.5 Å². The Bertz CT molecular complexity index is 375. The molecule has 1 aromatic rings. The molecule has 0 bridgehead atoms. The van der Waals surface area contributed by atoms with Crippen molar-refractivity contribution in [2.45, 2.75) is 18.8 Å². The molecular weight excluding hydrogens is 186 g/mol. The van der Waals surface area contributed by atoms with Gasteiger partial charge in [0, 0.05) is 5.56 Å². The first-order valence-electron chi connectivity index (χ1n) is 5.76. The molecule has 0 radical (unpaired) electrons. The van der Waals surface area contributed by atoms with Gasteiger partial charge in [0.05, 0.1) is 7.11 Å². The topological polar surface area (TPSA) is 21.3 Å². The summed E-state index contributed by atoms with van der Waals surface area (Å²) < 4.78 is 5.49. The van der Waals surface area contributed by atoms with Crippen LogP contribution in [0, 0.1) is 5.92 Å². The van der Waals surface area contributed by atoms with E-state index in [-0.39, 0.29) is 0 Å². The summed E-state index contributed by atoms with van der Waals surface area (Å²) in [5.41, 5.74) is 3.00. The fraction of sp³-hybridized carbons (Fsp3) is 0.538. The van der Waals surface area contributed by atoms with Gasteiger partial charge in [-0.25, -0.2) is 0 Å². The number of hydrogen-bond donors (Lipinski definition) is 1. The van der Waals surface area contributed by atoms with Gasteiger partial charge in [-0.1, -0.05) is 12.1 Å². The first-order chi connectivity index (χ1) is 7.40. The van der Waals surface area contributed by atoms with Crippen molar-refractivity contribution in [3.8, 4) is 5.75 Å². The predicted octanol–water partition coefficient (Wildman–Crippen LogP) is 1.94. The zero-order chi connectivity index (χ0) is 10.3. The molecule has 1 aliphatic heterocycles. The van der Waals surface area contributed by atoms with Crippen LogP contribution in [0.25, 0.3) is 0 Å². The molecule has 1 N–H and O–H groups in total. The van der Waals surface area contributed by atoms with Gasteiger partial charge >= 0.3 is 0 Å². The Labute approximate surface area is 90.6 Å². The van der Waals surface area contributed by atoms with E-state index in [0.717, 1.165) is 24.1 Å². The molecule has 2 atom stereocenters. The molecule has 2 heteroatoms. The number of hydrogen-bond acceptors (Lipinski definition) is 2. The van der Waals surface area contributed by atoms with Gasteiger partial charge < -0.3 is 10.1 Å². The molecule has 2 nitrogen and oxygen atoms in total. The third-order valence-corrected chi connectivity index (χ3v) is 3.84. The highest BCUT2D eigenvalue weighted by atomic mass is 16.5. The largest absolute Gasteiger partial charge is 0.496 e. The summed E-state index contributed by atoms with van der Waals surface area (Å²) in [6, 6.07) is 6.47. The van der Waals surface area contributed by atoms with Crippen LogP contribution in [0.3, 0.4) is 0 Å². The van der Waals surface area contributed by atoms with Crippen LogP contribution in [-0.2, 0) is 6.42 Å². The van der Waals surface area contributed by atoms with Gasteiger partial charge in [-0.15, -0.1) is 0 Å². The molecule has 80 valence electrons. The highest BCUT2D eigenvalue weighted by Crippen LogP contribution is 2.45. The van der Waals surface area contributed by atoms with Crippen LogP contribution in [0.2, 0.25) is 0 Å². The van der Waals surface area contributed by atoms with E-state index < -0.39 is 0 Å². The highest BCUT2D eigenvalue weighted by Gasteiger charge is 2.35. The molecular formula is C13H17NO. The van der Waals surface area contributed by atoms with Crippen LogP contribution >= 0.6 is 0 Å². The Morgan fingerprint density at radius 1 is 1.40 bits per heavy atom. The molecule has 1 fully saturated rings. The zero-order valence-electron chi connectivity index (χ0n) is 9.12. The van der Waals surface area contributed by atoms with Crippen LogP contribution in [0.4, 0.5) is 0 Å². The van der Waals surface area contributed by atoms with Crippen molar-refractivity contribution in [1.29, 1.82) is 0 Å². The number of nitrogens with one attached hydrogen (secondary N) is 1. The molecule has 0 saturated carbocycles. The van der Waals surface area contributed by atoms with Crippen molar-refractivity contribution in [3.63, 3.8) is 0 Å². The molecule has 3 rings (SSSR count). The SMILES string of the molecule is COc1cccc2c1[C@@H]1CCNC[C@@H]1C2. The number of piperidine rings is 1. The standard InChI is InChI=1S/C13H17NO/c1-15-12-4-2-3-9-7-10-8-14-6-5-11(10)13(9)12/h2-4,10-11,14H,5-8H2,1H3/t10-,11+/m0/s1. The monoisotopic (exact) mass is 203 g/mol. The quantitative estimate of drug-likeness (QED) is 0.753. The van der Waals surface area contributed by atoms with Gasteiger partial charge in [0.25, 0.3) is 0 Å². The van der Waals surface area contributed by atoms with Crippen molar-refractivity contribution in [2.24, 2.45) is 5.92 Å². The van der Waals surface area contributed by atoms with Gasteiger partial charge in [-0.3, -0.25) is 0 Å². The molecule has 0 aromatic heterocycles. The molecule has 2 aliphatic rings. The molecule has 1 aromatic carbocycles. The maximum Gasteiger partial charge on any atom is 0.122 e. The average Bonchev–Trinajstić information content (AvgIpc) is 2.67. The smallest absolute Gasteiger partial charge is 0.122 e. The Morgan fingerprint density at radius 3 is 3.20 bits per heavy atom. The minimum Gasteiger partial charge on any atom is -0.496 e. The van der Waals surface area contributed by atoms with Crippen molar-refractivity contribution < 1.29 is 4.74 Å². The summed E-state index contributed by atoms with van der Waals surface area (Å²) in [4.78, 5) is 0. The van der Waals surface area contributed by atoms with Crippen LogP contribution < -0.4 is 10.1 Å². The Hall–Kier alpha value is -1.02. The average molecular weight is 203 g/mol. The first-order valence-corrected chi connectivity index (χ1v) is 5.76. The predicted molar refractivity (Wildman–Crippen MR) is 60.4 cm³/mol. The maximum atomic E-state index is 5.49. The Morgan fingerprint density at radius 2 is 2.33 bits per heavy atom. The number of fused-ring (bicyclic) bond motifs is 3. The number of benzene rings is 1. The summed E-state index contributed by atoms with van der Waals surface area (Å²) in [6.45, 7) is 2.32.